The van der Waals surface area contributed by atoms with E-state index in [-0.39, 0.29) is 12.8 Å². The fraction of sp³-hybridized carbons (Fsp3) is 0.267. The number of hydrogen-bond acceptors (Lipinski definition) is 5. The number of hydrogen-bond donors (Lipinski definition) is 2. The van der Waals surface area contributed by atoms with Crippen LogP contribution in [0.4, 0.5) is 0 Å². The normalized spacial score (nSPS) is 17.6. The van der Waals surface area contributed by atoms with Gasteiger partial charge < -0.3 is 15.2 Å². The number of aliphatic hydroxyl groups excluding tert-OH is 1. The molecule has 1 aliphatic rings. The van der Waals surface area contributed by atoms with Crippen LogP contribution in [0.1, 0.15) is 5.56 Å². The van der Waals surface area contributed by atoms with Crippen molar-refractivity contribution >= 4 is 13.3 Å². The topological polar surface area (TPSA) is 68.5 Å². The molecule has 0 saturated carbocycles. The second-order valence-corrected chi connectivity index (χ2v) is 4.90. The van der Waals surface area contributed by atoms with Crippen molar-refractivity contribution in [3.05, 3.63) is 47.4 Å². The second kappa shape index (κ2) is 6.48. The molecule has 106 valence electrons. The quantitative estimate of drug-likeness (QED) is 0.768. The fourth-order valence-electron chi connectivity index (χ4n) is 2.00. The molecule has 1 aromatic rings. The number of rotatable bonds is 4. The summed E-state index contributed by atoms with van der Waals surface area (Å²) in [5.41, 5.74) is 1.75. The molecule has 0 spiro atoms. The Labute approximate surface area is 125 Å². The van der Waals surface area contributed by atoms with Crippen LogP contribution in [0.2, 0.25) is 0 Å². The lowest BCUT2D eigenvalue weighted by atomic mass is 9.91. The Morgan fingerprint density at radius 3 is 2.81 bits per heavy atom. The van der Waals surface area contributed by atoms with Crippen LogP contribution in [-0.2, 0) is 6.61 Å². The molecule has 2 rings (SSSR count). The van der Waals surface area contributed by atoms with E-state index in [1.807, 2.05) is 19.0 Å². The number of nitriles is 1. The van der Waals surface area contributed by atoms with Gasteiger partial charge in [0.15, 0.2) is 5.88 Å². The number of likely N-dealkylation sites (N-methyl/N-ethyl adjacent to an activating group) is 1. The zero-order valence-electron chi connectivity index (χ0n) is 12.0. The zero-order valence-corrected chi connectivity index (χ0v) is 12.0. The van der Waals surface area contributed by atoms with Gasteiger partial charge in [-0.2, -0.15) is 5.26 Å². The third kappa shape index (κ3) is 3.46. The molecular formula is C15H16BN3O2. The molecule has 0 saturated heterocycles. The van der Waals surface area contributed by atoms with Crippen molar-refractivity contribution < 1.29 is 9.84 Å². The lowest BCUT2D eigenvalue weighted by Crippen LogP contribution is -2.44. The van der Waals surface area contributed by atoms with Crippen LogP contribution in [0, 0.1) is 11.3 Å². The van der Waals surface area contributed by atoms with E-state index in [2.05, 4.69) is 11.4 Å². The predicted octanol–water partition coefficient (Wildman–Crippen LogP) is 0.134. The van der Waals surface area contributed by atoms with Gasteiger partial charge in [0.2, 0.25) is 0 Å². The van der Waals surface area contributed by atoms with Crippen LogP contribution in [0.3, 0.4) is 0 Å². The maximum atomic E-state index is 9.21. The van der Waals surface area contributed by atoms with Crippen LogP contribution < -0.4 is 15.5 Å². The summed E-state index contributed by atoms with van der Waals surface area (Å²) >= 11 is 0. The average molecular weight is 281 g/mol. The summed E-state index contributed by atoms with van der Waals surface area (Å²) in [7, 11) is 9.48. The van der Waals surface area contributed by atoms with Crippen molar-refractivity contribution in [1.82, 2.24) is 10.2 Å². The molecular weight excluding hydrogens is 265 g/mol. The third-order valence-corrected chi connectivity index (χ3v) is 3.15. The molecule has 1 atom stereocenters. The van der Waals surface area contributed by atoms with Crippen molar-refractivity contribution in [2.45, 2.75) is 12.8 Å². The first-order valence-electron chi connectivity index (χ1n) is 6.47. The highest BCUT2D eigenvalue weighted by molar-refractivity contribution is 6.33. The minimum absolute atomic E-state index is 0.145. The minimum atomic E-state index is -0.235. The van der Waals surface area contributed by atoms with E-state index in [1.165, 1.54) is 0 Å². The first-order chi connectivity index (χ1) is 10.0. The standard InChI is InChI=1S/C15H16BN3O2/c1-19(2)15-10(8-17)3-6-14(18-15)21-12-4-5-13(16)11(7-12)9-20/h3-7,15,18,20H,9H2,1-2H3. The molecule has 0 fully saturated rings. The molecule has 2 radical (unpaired) electrons. The molecule has 6 heteroatoms. The van der Waals surface area contributed by atoms with Gasteiger partial charge in [0.25, 0.3) is 0 Å². The molecule has 1 unspecified atom stereocenters. The number of dihydropyridines is 1. The van der Waals surface area contributed by atoms with E-state index in [9.17, 15) is 5.11 Å². The van der Waals surface area contributed by atoms with Crippen LogP contribution in [0.15, 0.2) is 41.8 Å². The van der Waals surface area contributed by atoms with Gasteiger partial charge in [-0.05, 0) is 43.9 Å². The highest BCUT2D eigenvalue weighted by atomic mass is 16.5. The Morgan fingerprint density at radius 2 is 2.19 bits per heavy atom. The maximum absolute atomic E-state index is 9.21. The summed E-state index contributed by atoms with van der Waals surface area (Å²) in [4.78, 5) is 1.88. The molecule has 0 aliphatic carbocycles. The summed E-state index contributed by atoms with van der Waals surface area (Å²) < 4.78 is 5.73. The summed E-state index contributed by atoms with van der Waals surface area (Å²) in [6, 6.07) is 7.25. The number of allylic oxidation sites excluding steroid dienone is 2. The van der Waals surface area contributed by atoms with Gasteiger partial charge in [-0.25, -0.2) is 0 Å². The summed E-state index contributed by atoms with van der Waals surface area (Å²) in [6.45, 7) is -0.145. The summed E-state index contributed by atoms with van der Waals surface area (Å²) in [5.74, 6) is 1.10. The van der Waals surface area contributed by atoms with E-state index >= 15 is 0 Å². The van der Waals surface area contributed by atoms with Crippen molar-refractivity contribution in [3.63, 3.8) is 0 Å². The van der Waals surface area contributed by atoms with E-state index in [0.29, 0.717) is 28.2 Å². The fourth-order valence-corrected chi connectivity index (χ4v) is 2.00. The molecule has 1 aliphatic heterocycles. The average Bonchev–Trinajstić information content (AvgIpc) is 2.49. The van der Waals surface area contributed by atoms with Crippen LogP contribution >= 0.6 is 0 Å². The minimum Gasteiger partial charge on any atom is -0.441 e. The van der Waals surface area contributed by atoms with Crippen molar-refractivity contribution in [2.75, 3.05) is 14.1 Å². The van der Waals surface area contributed by atoms with Crippen molar-refractivity contribution in [3.8, 4) is 11.8 Å². The molecule has 5 nitrogen and oxygen atoms in total. The largest absolute Gasteiger partial charge is 0.441 e. The van der Waals surface area contributed by atoms with E-state index in [1.54, 1.807) is 30.4 Å². The molecule has 0 amide bonds. The number of benzene rings is 1. The third-order valence-electron chi connectivity index (χ3n) is 3.15. The van der Waals surface area contributed by atoms with Gasteiger partial charge in [0, 0.05) is 0 Å². The zero-order chi connectivity index (χ0) is 15.4. The van der Waals surface area contributed by atoms with Gasteiger partial charge >= 0.3 is 0 Å². The van der Waals surface area contributed by atoms with E-state index in [0.717, 1.165) is 0 Å². The Hall–Kier alpha value is -2.23. The Balaban J connectivity index is 2.19. The van der Waals surface area contributed by atoms with Crippen LogP contribution in [-0.4, -0.2) is 38.1 Å². The number of ether oxygens (including phenoxy) is 1. The highest BCUT2D eigenvalue weighted by Gasteiger charge is 2.21. The van der Waals surface area contributed by atoms with Gasteiger partial charge in [0.1, 0.15) is 19.8 Å². The monoisotopic (exact) mass is 281 g/mol. The van der Waals surface area contributed by atoms with E-state index in [4.69, 9.17) is 17.8 Å². The highest BCUT2D eigenvalue weighted by Crippen LogP contribution is 2.18. The molecule has 1 aromatic carbocycles. The molecule has 1 heterocycles. The van der Waals surface area contributed by atoms with Crippen molar-refractivity contribution in [1.29, 1.82) is 5.26 Å². The summed E-state index contributed by atoms with van der Waals surface area (Å²) in [6.07, 6.45) is 3.19. The van der Waals surface area contributed by atoms with Gasteiger partial charge in [0.05, 0.1) is 18.2 Å². The van der Waals surface area contributed by atoms with Crippen LogP contribution in [0.5, 0.6) is 5.75 Å². The van der Waals surface area contributed by atoms with E-state index < -0.39 is 0 Å². The number of aliphatic hydroxyl groups is 1. The molecule has 2 N–H and O–H groups in total. The van der Waals surface area contributed by atoms with Gasteiger partial charge in [-0.3, -0.25) is 4.90 Å². The smallest absolute Gasteiger partial charge is 0.194 e. The van der Waals surface area contributed by atoms with Gasteiger partial charge in [-0.15, -0.1) is 0 Å². The van der Waals surface area contributed by atoms with Crippen LogP contribution in [0.25, 0.3) is 0 Å². The SMILES string of the molecule is [B]c1ccc(OC2=CC=C(C#N)C(N(C)C)N2)cc1CO. The van der Waals surface area contributed by atoms with Gasteiger partial charge in [-0.1, -0.05) is 11.5 Å². The molecule has 21 heavy (non-hydrogen) atoms. The van der Waals surface area contributed by atoms with Crippen molar-refractivity contribution in [2.24, 2.45) is 0 Å². The second-order valence-electron chi connectivity index (χ2n) is 4.90. The Bertz CT molecular complexity index is 632. The Morgan fingerprint density at radius 1 is 1.43 bits per heavy atom. The molecule has 0 bridgehead atoms. The predicted molar refractivity (Wildman–Crippen MR) is 80.8 cm³/mol. The number of nitrogens with zero attached hydrogens (tertiary/aromatic N) is 2. The first-order valence-corrected chi connectivity index (χ1v) is 6.47. The summed E-state index contributed by atoms with van der Waals surface area (Å²) in [5, 5.41) is 21.4. The Kier molecular flexibility index (Phi) is 4.68. The maximum Gasteiger partial charge on any atom is 0.194 e. The number of nitrogens with one attached hydrogen (secondary N) is 1. The first kappa shape index (κ1) is 15.2. The lowest BCUT2D eigenvalue weighted by Gasteiger charge is -2.29. The lowest BCUT2D eigenvalue weighted by molar-refractivity contribution is 0.256. The molecule has 0 aromatic heterocycles.